The second-order valence-corrected chi connectivity index (χ2v) is 12.8. The van der Waals surface area contributed by atoms with Gasteiger partial charge in [0.2, 0.25) is 10.0 Å². The van der Waals surface area contributed by atoms with E-state index >= 15 is 0 Å². The lowest BCUT2D eigenvalue weighted by atomic mass is 9.74. The Hall–Kier alpha value is -2.72. The van der Waals surface area contributed by atoms with Gasteiger partial charge in [0.05, 0.1) is 10.5 Å². The summed E-state index contributed by atoms with van der Waals surface area (Å²) in [5.41, 5.74) is 4.77. The van der Waals surface area contributed by atoms with E-state index < -0.39 is 26.7 Å². The van der Waals surface area contributed by atoms with Crippen molar-refractivity contribution in [3.8, 4) is 11.1 Å². The predicted octanol–water partition coefficient (Wildman–Crippen LogP) is 5.83. The minimum atomic E-state index is -4.76. The van der Waals surface area contributed by atoms with Crippen molar-refractivity contribution in [1.82, 2.24) is 14.5 Å². The zero-order chi connectivity index (χ0) is 28.7. The number of alkyl halides is 3. The van der Waals surface area contributed by atoms with Crippen LogP contribution in [0, 0.1) is 13.8 Å². The van der Waals surface area contributed by atoms with Crippen molar-refractivity contribution >= 4 is 10.0 Å². The van der Waals surface area contributed by atoms with E-state index in [-0.39, 0.29) is 31.1 Å². The van der Waals surface area contributed by atoms with Gasteiger partial charge in [-0.2, -0.15) is 17.5 Å². The number of nitrogens with zero attached hydrogens (tertiary/aromatic N) is 2. The molecule has 3 aromatic carbocycles. The van der Waals surface area contributed by atoms with E-state index in [9.17, 15) is 21.6 Å². The van der Waals surface area contributed by atoms with E-state index in [1.807, 2.05) is 7.05 Å². The van der Waals surface area contributed by atoms with Crippen LogP contribution in [0.3, 0.4) is 0 Å². The topological polar surface area (TPSA) is 52.7 Å². The number of benzene rings is 3. The molecule has 0 aliphatic carbocycles. The van der Waals surface area contributed by atoms with Crippen LogP contribution in [0.4, 0.5) is 13.2 Å². The number of aryl methyl sites for hydroxylation is 1. The van der Waals surface area contributed by atoms with Crippen molar-refractivity contribution in [2.45, 2.75) is 55.8 Å². The molecule has 3 aromatic rings. The summed E-state index contributed by atoms with van der Waals surface area (Å²) in [6.45, 7) is 6.14. The summed E-state index contributed by atoms with van der Waals surface area (Å²) in [5.74, 6) is 0.0498. The van der Waals surface area contributed by atoms with Crippen LogP contribution < -0.4 is 5.32 Å². The SMILES string of the molecule is CNC[C@@H]1[C@@H](c2ccc(-c3cccc(C)c3C)cc2)C2CN(S(=O)(=O)c3ccccc3C(F)(F)F)CCCCN21. The molecule has 0 saturated carbocycles. The van der Waals surface area contributed by atoms with Gasteiger partial charge >= 0.3 is 6.18 Å². The highest BCUT2D eigenvalue weighted by Crippen LogP contribution is 2.44. The summed E-state index contributed by atoms with van der Waals surface area (Å²) >= 11 is 0. The minimum Gasteiger partial charge on any atom is -0.318 e. The first-order valence-corrected chi connectivity index (χ1v) is 15.2. The molecule has 2 aliphatic rings. The fraction of sp³-hybridized carbons (Fsp3) is 0.419. The van der Waals surface area contributed by atoms with E-state index in [0.29, 0.717) is 6.42 Å². The quantitative estimate of drug-likeness (QED) is 0.405. The molecule has 0 spiro atoms. The van der Waals surface area contributed by atoms with Crippen LogP contribution in [0.25, 0.3) is 11.1 Å². The predicted molar refractivity (Wildman–Crippen MR) is 152 cm³/mol. The second kappa shape index (κ2) is 11.3. The van der Waals surface area contributed by atoms with E-state index in [4.69, 9.17) is 0 Å². The molecule has 5 nitrogen and oxygen atoms in total. The van der Waals surface area contributed by atoms with Crippen LogP contribution in [-0.2, 0) is 16.2 Å². The largest absolute Gasteiger partial charge is 0.417 e. The summed E-state index contributed by atoms with van der Waals surface area (Å²) in [5, 5.41) is 3.28. The summed E-state index contributed by atoms with van der Waals surface area (Å²) in [7, 11) is -2.45. The molecule has 0 amide bonds. The molecule has 5 rings (SSSR count). The first-order valence-electron chi connectivity index (χ1n) is 13.8. The molecule has 3 atom stereocenters. The maximum atomic E-state index is 13.8. The van der Waals surface area contributed by atoms with E-state index in [2.05, 4.69) is 66.5 Å². The van der Waals surface area contributed by atoms with E-state index in [1.54, 1.807) is 0 Å². The van der Waals surface area contributed by atoms with Crippen LogP contribution >= 0.6 is 0 Å². The highest BCUT2D eigenvalue weighted by molar-refractivity contribution is 7.89. The van der Waals surface area contributed by atoms with Crippen molar-refractivity contribution in [2.75, 3.05) is 33.2 Å². The average Bonchev–Trinajstić information content (AvgIpc) is 2.91. The van der Waals surface area contributed by atoms with Gasteiger partial charge in [-0.15, -0.1) is 0 Å². The van der Waals surface area contributed by atoms with Gasteiger partial charge in [0.1, 0.15) is 0 Å². The number of hydrogen-bond donors (Lipinski definition) is 1. The monoisotopic (exact) mass is 571 g/mol. The second-order valence-electron chi connectivity index (χ2n) is 10.9. The Kier molecular flexibility index (Phi) is 8.12. The highest BCUT2D eigenvalue weighted by Gasteiger charge is 2.50. The van der Waals surface area contributed by atoms with Crippen LogP contribution in [0.2, 0.25) is 0 Å². The Morgan fingerprint density at radius 2 is 1.62 bits per heavy atom. The minimum absolute atomic E-state index is 0.0498. The van der Waals surface area contributed by atoms with Gasteiger partial charge in [-0.1, -0.05) is 54.6 Å². The lowest BCUT2D eigenvalue weighted by Crippen LogP contribution is -2.68. The maximum absolute atomic E-state index is 13.8. The third-order valence-electron chi connectivity index (χ3n) is 8.58. The number of fused-ring (bicyclic) bond motifs is 1. The zero-order valence-electron chi connectivity index (χ0n) is 23.1. The molecule has 214 valence electrons. The molecular formula is C31H36F3N3O2S. The molecule has 0 bridgehead atoms. The summed E-state index contributed by atoms with van der Waals surface area (Å²) in [6.07, 6.45) is -3.38. The first-order chi connectivity index (χ1) is 19.0. The zero-order valence-corrected chi connectivity index (χ0v) is 23.9. The van der Waals surface area contributed by atoms with Crippen molar-refractivity contribution in [1.29, 1.82) is 0 Å². The van der Waals surface area contributed by atoms with Gasteiger partial charge in [-0.25, -0.2) is 8.42 Å². The van der Waals surface area contributed by atoms with Crippen molar-refractivity contribution in [3.05, 3.63) is 89.0 Å². The molecule has 0 radical (unpaired) electrons. The highest BCUT2D eigenvalue weighted by atomic mass is 32.2. The van der Waals surface area contributed by atoms with Gasteiger partial charge in [-0.05, 0) is 80.2 Å². The average molecular weight is 572 g/mol. The molecule has 1 unspecified atom stereocenters. The molecular weight excluding hydrogens is 535 g/mol. The third-order valence-corrected chi connectivity index (χ3v) is 10.5. The smallest absolute Gasteiger partial charge is 0.318 e. The number of halogens is 3. The molecule has 0 aromatic heterocycles. The van der Waals surface area contributed by atoms with Gasteiger partial charge in [-0.3, -0.25) is 4.90 Å². The van der Waals surface area contributed by atoms with Crippen molar-refractivity contribution in [2.24, 2.45) is 0 Å². The summed E-state index contributed by atoms with van der Waals surface area (Å²) in [4.78, 5) is 1.66. The van der Waals surface area contributed by atoms with E-state index in [1.165, 1.54) is 33.1 Å². The Labute approximate surface area is 235 Å². The third kappa shape index (κ3) is 5.32. The lowest BCUT2D eigenvalue weighted by Gasteiger charge is -2.57. The Bertz CT molecular complexity index is 1460. The van der Waals surface area contributed by atoms with Crippen LogP contribution in [0.15, 0.2) is 71.6 Å². The number of hydrogen-bond acceptors (Lipinski definition) is 4. The lowest BCUT2D eigenvalue weighted by molar-refractivity contribution is -0.139. The fourth-order valence-electron chi connectivity index (χ4n) is 6.38. The van der Waals surface area contributed by atoms with Crippen molar-refractivity contribution < 1.29 is 21.6 Å². The molecule has 2 aliphatic heterocycles. The van der Waals surface area contributed by atoms with E-state index in [0.717, 1.165) is 42.8 Å². The van der Waals surface area contributed by atoms with Crippen LogP contribution in [-0.4, -0.2) is 62.9 Å². The summed E-state index contributed by atoms with van der Waals surface area (Å²) < 4.78 is 70.0. The van der Waals surface area contributed by atoms with Crippen molar-refractivity contribution in [3.63, 3.8) is 0 Å². The standard InChI is InChI=1S/C31H36F3N3O2S/c1-21-9-8-10-25(22(21)2)23-13-15-24(16-14-23)30-27(19-35-3)37-18-7-6-17-36(20-28(30)37)40(38,39)29-12-5-4-11-26(29)31(32,33)34/h4-5,8-16,27-28,30,35H,6-7,17-20H2,1-3H3/t27-,28?,30-/m1/s1. The van der Waals surface area contributed by atoms with Gasteiger partial charge in [0, 0.05) is 37.6 Å². The normalized spacial score (nSPS) is 22.7. The molecule has 9 heteroatoms. The number of nitrogens with one attached hydrogen (secondary N) is 1. The Morgan fingerprint density at radius 3 is 2.33 bits per heavy atom. The molecule has 1 N–H and O–H groups in total. The number of sulfonamides is 1. The number of likely N-dealkylation sites (N-methyl/N-ethyl adjacent to an activating group) is 1. The van der Waals surface area contributed by atoms with Crippen LogP contribution in [0.5, 0.6) is 0 Å². The van der Waals surface area contributed by atoms with Gasteiger partial charge in [0.25, 0.3) is 0 Å². The molecule has 2 fully saturated rings. The Balaban J connectivity index is 1.47. The number of rotatable bonds is 6. The molecule has 2 heterocycles. The van der Waals surface area contributed by atoms with Crippen LogP contribution in [0.1, 0.15) is 41.0 Å². The van der Waals surface area contributed by atoms with Gasteiger partial charge in [0.15, 0.2) is 0 Å². The first kappa shape index (κ1) is 28.8. The maximum Gasteiger partial charge on any atom is 0.417 e. The Morgan fingerprint density at radius 1 is 0.925 bits per heavy atom. The fourth-order valence-corrected chi connectivity index (χ4v) is 8.08. The molecule has 2 saturated heterocycles. The molecule has 40 heavy (non-hydrogen) atoms. The van der Waals surface area contributed by atoms with Gasteiger partial charge < -0.3 is 5.32 Å². The summed E-state index contributed by atoms with van der Waals surface area (Å²) in [6, 6.07) is 19.3.